The summed E-state index contributed by atoms with van der Waals surface area (Å²) in [5.41, 5.74) is 1.92. The highest BCUT2D eigenvalue weighted by molar-refractivity contribution is 5.49. The molecule has 0 amide bonds. The van der Waals surface area contributed by atoms with Crippen LogP contribution in [0.4, 0.5) is 5.95 Å². The standard InChI is InChI=1S/C10H14N4O/c1-7-4-3-5-14-9(7)12-10(13-14)11-6-8(2)15/h3-5,8,15H,6H2,1-2H3,(H,11,13). The second kappa shape index (κ2) is 3.86. The molecular weight excluding hydrogens is 192 g/mol. The lowest BCUT2D eigenvalue weighted by atomic mass is 10.3. The van der Waals surface area contributed by atoms with Gasteiger partial charge < -0.3 is 10.4 Å². The number of aliphatic hydroxyl groups is 1. The first-order valence-corrected chi connectivity index (χ1v) is 4.91. The molecule has 15 heavy (non-hydrogen) atoms. The summed E-state index contributed by atoms with van der Waals surface area (Å²) < 4.78 is 1.72. The van der Waals surface area contributed by atoms with Crippen LogP contribution in [-0.4, -0.2) is 32.4 Å². The molecular formula is C10H14N4O. The number of hydrogen-bond acceptors (Lipinski definition) is 4. The van der Waals surface area contributed by atoms with Crippen LogP contribution in [0.1, 0.15) is 12.5 Å². The third-order valence-corrected chi connectivity index (χ3v) is 2.11. The van der Waals surface area contributed by atoms with Crippen LogP contribution in [-0.2, 0) is 0 Å². The summed E-state index contributed by atoms with van der Waals surface area (Å²) >= 11 is 0. The molecule has 0 aliphatic carbocycles. The van der Waals surface area contributed by atoms with Crippen molar-refractivity contribution >= 4 is 11.6 Å². The lowest BCUT2D eigenvalue weighted by molar-refractivity contribution is 0.208. The van der Waals surface area contributed by atoms with E-state index in [0.717, 1.165) is 11.2 Å². The number of nitrogens with zero attached hydrogens (tertiary/aromatic N) is 3. The van der Waals surface area contributed by atoms with Gasteiger partial charge in [0, 0.05) is 12.7 Å². The molecule has 0 spiro atoms. The molecule has 5 heteroatoms. The first-order valence-electron chi connectivity index (χ1n) is 4.91. The van der Waals surface area contributed by atoms with Gasteiger partial charge in [0.15, 0.2) is 5.65 Å². The van der Waals surface area contributed by atoms with E-state index in [-0.39, 0.29) is 0 Å². The van der Waals surface area contributed by atoms with E-state index >= 15 is 0 Å². The van der Waals surface area contributed by atoms with E-state index in [1.54, 1.807) is 11.4 Å². The molecule has 0 aliphatic heterocycles. The summed E-state index contributed by atoms with van der Waals surface area (Å²) in [6.07, 6.45) is 1.45. The van der Waals surface area contributed by atoms with Gasteiger partial charge in [-0.15, -0.1) is 5.10 Å². The molecule has 1 atom stereocenters. The highest BCUT2D eigenvalue weighted by Crippen LogP contribution is 2.09. The lowest BCUT2D eigenvalue weighted by Crippen LogP contribution is -2.16. The molecule has 2 rings (SSSR count). The average Bonchev–Trinajstić information content (AvgIpc) is 2.59. The molecule has 0 saturated heterocycles. The Labute approximate surface area is 87.8 Å². The molecule has 0 bridgehead atoms. The molecule has 2 aromatic heterocycles. The Morgan fingerprint density at radius 1 is 1.60 bits per heavy atom. The van der Waals surface area contributed by atoms with Crippen molar-refractivity contribution in [2.24, 2.45) is 0 Å². The van der Waals surface area contributed by atoms with E-state index in [0.29, 0.717) is 12.5 Å². The summed E-state index contributed by atoms with van der Waals surface area (Å²) in [6, 6.07) is 3.91. The topological polar surface area (TPSA) is 62.5 Å². The second-order valence-electron chi connectivity index (χ2n) is 3.62. The van der Waals surface area contributed by atoms with Crippen molar-refractivity contribution in [2.75, 3.05) is 11.9 Å². The van der Waals surface area contributed by atoms with Gasteiger partial charge in [-0.2, -0.15) is 4.98 Å². The quantitative estimate of drug-likeness (QED) is 0.780. The molecule has 2 aromatic rings. The van der Waals surface area contributed by atoms with Gasteiger partial charge in [0.2, 0.25) is 5.95 Å². The second-order valence-corrected chi connectivity index (χ2v) is 3.62. The molecule has 80 valence electrons. The molecule has 2 N–H and O–H groups in total. The normalized spacial score (nSPS) is 13.0. The Morgan fingerprint density at radius 3 is 3.07 bits per heavy atom. The summed E-state index contributed by atoms with van der Waals surface area (Å²) in [5.74, 6) is 0.546. The first kappa shape index (κ1) is 9.92. The number of aryl methyl sites for hydroxylation is 1. The molecule has 0 fully saturated rings. The Balaban J connectivity index is 2.27. The maximum absolute atomic E-state index is 9.12. The summed E-state index contributed by atoms with van der Waals surface area (Å²) in [7, 11) is 0. The van der Waals surface area contributed by atoms with Gasteiger partial charge in [-0.05, 0) is 25.5 Å². The van der Waals surface area contributed by atoms with E-state index in [2.05, 4.69) is 15.4 Å². The van der Waals surface area contributed by atoms with Crippen molar-refractivity contribution in [1.82, 2.24) is 14.6 Å². The highest BCUT2D eigenvalue weighted by atomic mass is 16.3. The van der Waals surface area contributed by atoms with Gasteiger partial charge in [0.1, 0.15) is 0 Å². The molecule has 2 heterocycles. The average molecular weight is 206 g/mol. The largest absolute Gasteiger partial charge is 0.392 e. The van der Waals surface area contributed by atoms with Crippen LogP contribution in [0.3, 0.4) is 0 Å². The minimum absolute atomic E-state index is 0.405. The Morgan fingerprint density at radius 2 is 2.40 bits per heavy atom. The Hall–Kier alpha value is -1.62. The summed E-state index contributed by atoms with van der Waals surface area (Å²) in [4.78, 5) is 4.31. The number of rotatable bonds is 3. The predicted octanol–water partition coefficient (Wildman–Crippen LogP) is 0.830. The van der Waals surface area contributed by atoms with Crippen LogP contribution in [0.25, 0.3) is 5.65 Å². The SMILES string of the molecule is Cc1cccn2nc(NCC(C)O)nc12. The highest BCUT2D eigenvalue weighted by Gasteiger charge is 2.05. The van der Waals surface area contributed by atoms with Crippen molar-refractivity contribution < 1.29 is 5.11 Å². The van der Waals surface area contributed by atoms with E-state index in [1.165, 1.54) is 0 Å². The zero-order valence-corrected chi connectivity index (χ0v) is 8.81. The molecule has 5 nitrogen and oxygen atoms in total. The number of aliphatic hydroxyl groups excluding tert-OH is 1. The van der Waals surface area contributed by atoms with E-state index in [4.69, 9.17) is 5.11 Å². The third kappa shape index (κ3) is 2.07. The van der Waals surface area contributed by atoms with E-state index in [9.17, 15) is 0 Å². The third-order valence-electron chi connectivity index (χ3n) is 2.11. The van der Waals surface area contributed by atoms with Crippen molar-refractivity contribution in [3.63, 3.8) is 0 Å². The summed E-state index contributed by atoms with van der Waals surface area (Å²) in [6.45, 7) is 4.16. The smallest absolute Gasteiger partial charge is 0.243 e. The fourth-order valence-electron chi connectivity index (χ4n) is 1.35. The maximum atomic E-state index is 9.12. The van der Waals surface area contributed by atoms with Crippen LogP contribution >= 0.6 is 0 Å². The van der Waals surface area contributed by atoms with Gasteiger partial charge >= 0.3 is 0 Å². The lowest BCUT2D eigenvalue weighted by Gasteiger charge is -2.02. The number of anilines is 1. The Kier molecular flexibility index (Phi) is 2.55. The van der Waals surface area contributed by atoms with Crippen molar-refractivity contribution in [3.8, 4) is 0 Å². The molecule has 0 aliphatic rings. The van der Waals surface area contributed by atoms with Gasteiger partial charge in [-0.3, -0.25) is 0 Å². The number of pyridine rings is 1. The van der Waals surface area contributed by atoms with Crippen LogP contribution in [0.15, 0.2) is 18.3 Å². The number of nitrogens with one attached hydrogen (secondary N) is 1. The first-order chi connectivity index (χ1) is 7.16. The molecule has 1 unspecified atom stereocenters. The monoisotopic (exact) mass is 206 g/mol. The number of fused-ring (bicyclic) bond motifs is 1. The predicted molar refractivity (Wildman–Crippen MR) is 57.9 cm³/mol. The minimum atomic E-state index is -0.405. The zero-order chi connectivity index (χ0) is 10.8. The van der Waals surface area contributed by atoms with Crippen molar-refractivity contribution in [2.45, 2.75) is 20.0 Å². The fraction of sp³-hybridized carbons (Fsp3) is 0.400. The fourth-order valence-corrected chi connectivity index (χ4v) is 1.35. The zero-order valence-electron chi connectivity index (χ0n) is 8.81. The maximum Gasteiger partial charge on any atom is 0.243 e. The van der Waals surface area contributed by atoms with Gasteiger partial charge in [0.25, 0.3) is 0 Å². The van der Waals surface area contributed by atoms with E-state index < -0.39 is 6.10 Å². The molecule has 0 aromatic carbocycles. The van der Waals surface area contributed by atoms with Crippen LogP contribution in [0, 0.1) is 6.92 Å². The van der Waals surface area contributed by atoms with Crippen LogP contribution < -0.4 is 5.32 Å². The Bertz CT molecular complexity index is 463. The number of aromatic nitrogens is 3. The number of hydrogen-bond donors (Lipinski definition) is 2. The van der Waals surface area contributed by atoms with Gasteiger partial charge in [-0.25, -0.2) is 4.52 Å². The molecule has 0 radical (unpaired) electrons. The summed E-state index contributed by atoms with van der Waals surface area (Å²) in [5, 5.41) is 16.3. The van der Waals surface area contributed by atoms with Crippen LogP contribution in [0.5, 0.6) is 0 Å². The van der Waals surface area contributed by atoms with Gasteiger partial charge in [-0.1, -0.05) is 6.07 Å². The van der Waals surface area contributed by atoms with Gasteiger partial charge in [0.05, 0.1) is 6.10 Å². The van der Waals surface area contributed by atoms with E-state index in [1.807, 2.05) is 25.3 Å². The van der Waals surface area contributed by atoms with Crippen molar-refractivity contribution in [1.29, 1.82) is 0 Å². The minimum Gasteiger partial charge on any atom is -0.392 e. The molecule has 0 saturated carbocycles. The van der Waals surface area contributed by atoms with Crippen molar-refractivity contribution in [3.05, 3.63) is 23.9 Å². The van der Waals surface area contributed by atoms with Crippen LogP contribution in [0.2, 0.25) is 0 Å².